The first-order valence-electron chi connectivity index (χ1n) is 6.95. The number of aliphatic hydroxyl groups is 1. The number of carbonyl (C=O) groups is 1. The highest BCUT2D eigenvalue weighted by Crippen LogP contribution is 2.19. The molecule has 0 aliphatic carbocycles. The molecule has 5 heteroatoms. The second-order valence-corrected chi connectivity index (χ2v) is 5.53. The van der Waals surface area contributed by atoms with Crippen LogP contribution in [-0.2, 0) is 11.3 Å². The van der Waals surface area contributed by atoms with Crippen LogP contribution in [0, 0.1) is 5.92 Å². The summed E-state index contributed by atoms with van der Waals surface area (Å²) in [4.78, 5) is 13.7. The molecule has 1 aliphatic heterocycles. The first kappa shape index (κ1) is 15.3. The third-order valence-electron chi connectivity index (χ3n) is 3.77. The number of hydrogen-bond donors (Lipinski definition) is 2. The molecule has 1 aromatic carbocycles. The number of alkyl halides is 1. The van der Waals surface area contributed by atoms with E-state index in [4.69, 9.17) is 11.6 Å². The van der Waals surface area contributed by atoms with E-state index in [0.29, 0.717) is 0 Å². The summed E-state index contributed by atoms with van der Waals surface area (Å²) in [5.41, 5.74) is 1.27. The molecule has 2 unspecified atom stereocenters. The van der Waals surface area contributed by atoms with Crippen LogP contribution in [0.2, 0.25) is 0 Å². The van der Waals surface area contributed by atoms with E-state index in [1.54, 1.807) is 0 Å². The van der Waals surface area contributed by atoms with Gasteiger partial charge in [-0.1, -0.05) is 30.3 Å². The Bertz CT molecular complexity index is 427. The van der Waals surface area contributed by atoms with Gasteiger partial charge in [-0.3, -0.25) is 9.69 Å². The van der Waals surface area contributed by atoms with Crippen molar-refractivity contribution < 1.29 is 9.90 Å². The van der Waals surface area contributed by atoms with Crippen LogP contribution in [-0.4, -0.2) is 47.5 Å². The van der Waals surface area contributed by atoms with Crippen LogP contribution in [0.3, 0.4) is 0 Å². The first-order valence-corrected chi connectivity index (χ1v) is 7.49. The fraction of sp³-hybridized carbons (Fsp3) is 0.533. The maximum Gasteiger partial charge on any atom is 0.235 e. The van der Waals surface area contributed by atoms with Crippen molar-refractivity contribution in [2.75, 3.05) is 25.6 Å². The highest BCUT2D eigenvalue weighted by molar-refractivity contribution is 6.27. The average Bonchev–Trinajstić information content (AvgIpc) is 2.49. The van der Waals surface area contributed by atoms with E-state index in [1.165, 1.54) is 5.56 Å². The van der Waals surface area contributed by atoms with E-state index < -0.39 is 0 Å². The molecule has 0 bridgehead atoms. The second-order valence-electron chi connectivity index (χ2n) is 5.26. The lowest BCUT2D eigenvalue weighted by atomic mass is 9.92. The SMILES string of the molecule is O=C(CCl)NC1CCN(Cc2ccccc2)CC1CO. The summed E-state index contributed by atoms with van der Waals surface area (Å²) in [6, 6.07) is 10.3. The predicted molar refractivity (Wildman–Crippen MR) is 79.6 cm³/mol. The molecule has 1 saturated heterocycles. The molecule has 0 spiro atoms. The number of hydrogen-bond acceptors (Lipinski definition) is 3. The maximum absolute atomic E-state index is 11.4. The molecule has 1 fully saturated rings. The number of piperidine rings is 1. The fourth-order valence-electron chi connectivity index (χ4n) is 2.71. The van der Waals surface area contributed by atoms with Crippen molar-refractivity contribution in [1.82, 2.24) is 10.2 Å². The number of amides is 1. The molecule has 1 aromatic rings. The van der Waals surface area contributed by atoms with Crippen LogP contribution in [0.4, 0.5) is 0 Å². The molecule has 0 radical (unpaired) electrons. The summed E-state index contributed by atoms with van der Waals surface area (Å²) in [6.07, 6.45) is 0.848. The lowest BCUT2D eigenvalue weighted by molar-refractivity contribution is -0.120. The van der Waals surface area contributed by atoms with Crippen molar-refractivity contribution in [1.29, 1.82) is 0 Å². The van der Waals surface area contributed by atoms with E-state index in [9.17, 15) is 9.90 Å². The maximum atomic E-state index is 11.4. The summed E-state index contributed by atoms with van der Waals surface area (Å²) >= 11 is 5.51. The van der Waals surface area contributed by atoms with Gasteiger partial charge >= 0.3 is 0 Å². The van der Waals surface area contributed by atoms with Crippen molar-refractivity contribution in [3.63, 3.8) is 0 Å². The zero-order chi connectivity index (χ0) is 14.4. The van der Waals surface area contributed by atoms with Crippen molar-refractivity contribution in [2.24, 2.45) is 5.92 Å². The molecule has 2 rings (SSSR count). The molecule has 1 heterocycles. The van der Waals surface area contributed by atoms with Gasteiger partial charge in [-0.25, -0.2) is 0 Å². The van der Waals surface area contributed by atoms with Gasteiger partial charge in [-0.15, -0.1) is 11.6 Å². The van der Waals surface area contributed by atoms with Gasteiger partial charge in [0.2, 0.25) is 5.91 Å². The second kappa shape index (κ2) is 7.62. The van der Waals surface area contributed by atoms with Crippen LogP contribution in [0.5, 0.6) is 0 Å². The van der Waals surface area contributed by atoms with E-state index in [0.717, 1.165) is 26.1 Å². The van der Waals surface area contributed by atoms with Gasteiger partial charge in [0, 0.05) is 38.2 Å². The van der Waals surface area contributed by atoms with Crippen molar-refractivity contribution in [2.45, 2.75) is 19.0 Å². The summed E-state index contributed by atoms with van der Waals surface area (Å²) in [7, 11) is 0. The molecule has 20 heavy (non-hydrogen) atoms. The number of carbonyl (C=O) groups excluding carboxylic acids is 1. The molecule has 2 atom stereocenters. The molecule has 0 aromatic heterocycles. The van der Waals surface area contributed by atoms with Gasteiger partial charge in [0.25, 0.3) is 0 Å². The minimum atomic E-state index is -0.161. The van der Waals surface area contributed by atoms with Crippen LogP contribution in [0.25, 0.3) is 0 Å². The third kappa shape index (κ3) is 4.20. The number of benzene rings is 1. The number of aliphatic hydroxyl groups excluding tert-OH is 1. The fourth-order valence-corrected chi connectivity index (χ4v) is 2.79. The van der Waals surface area contributed by atoms with E-state index in [1.807, 2.05) is 18.2 Å². The number of likely N-dealkylation sites (tertiary alicyclic amines) is 1. The Kier molecular flexibility index (Phi) is 5.83. The monoisotopic (exact) mass is 296 g/mol. The Balaban J connectivity index is 1.90. The van der Waals surface area contributed by atoms with E-state index >= 15 is 0 Å². The molecular formula is C15H21ClN2O2. The summed E-state index contributed by atoms with van der Waals surface area (Å²) < 4.78 is 0. The van der Waals surface area contributed by atoms with Crippen molar-refractivity contribution in [3.8, 4) is 0 Å². The van der Waals surface area contributed by atoms with Crippen LogP contribution < -0.4 is 5.32 Å². The molecule has 110 valence electrons. The Morgan fingerprint density at radius 2 is 2.15 bits per heavy atom. The molecule has 1 aliphatic rings. The molecule has 1 amide bonds. The Morgan fingerprint density at radius 1 is 1.40 bits per heavy atom. The first-order chi connectivity index (χ1) is 9.72. The van der Waals surface area contributed by atoms with Gasteiger partial charge in [0.15, 0.2) is 0 Å². The summed E-state index contributed by atoms with van der Waals surface area (Å²) in [5, 5.41) is 12.4. The van der Waals surface area contributed by atoms with Gasteiger partial charge in [0.1, 0.15) is 5.88 Å². The number of rotatable bonds is 5. The van der Waals surface area contributed by atoms with Crippen molar-refractivity contribution in [3.05, 3.63) is 35.9 Å². The standard InChI is InChI=1S/C15H21ClN2O2/c16-8-15(20)17-14-6-7-18(10-13(14)11-19)9-12-4-2-1-3-5-12/h1-5,13-14,19H,6-11H2,(H,17,20). The summed E-state index contributed by atoms with van der Waals surface area (Å²) in [5.74, 6) is -0.117. The molecule has 4 nitrogen and oxygen atoms in total. The highest BCUT2D eigenvalue weighted by atomic mass is 35.5. The van der Waals surface area contributed by atoms with Gasteiger partial charge in [-0.2, -0.15) is 0 Å². The minimum Gasteiger partial charge on any atom is -0.396 e. The zero-order valence-electron chi connectivity index (χ0n) is 11.5. The Morgan fingerprint density at radius 3 is 2.80 bits per heavy atom. The quantitative estimate of drug-likeness (QED) is 0.804. The van der Waals surface area contributed by atoms with E-state index in [-0.39, 0.29) is 30.4 Å². The average molecular weight is 297 g/mol. The molecule has 2 N–H and O–H groups in total. The highest BCUT2D eigenvalue weighted by Gasteiger charge is 2.29. The third-order valence-corrected chi connectivity index (χ3v) is 4.01. The number of nitrogens with zero attached hydrogens (tertiary/aromatic N) is 1. The zero-order valence-corrected chi connectivity index (χ0v) is 12.2. The number of halogens is 1. The van der Waals surface area contributed by atoms with Gasteiger partial charge < -0.3 is 10.4 Å². The minimum absolute atomic E-state index is 0.0254. The smallest absolute Gasteiger partial charge is 0.235 e. The van der Waals surface area contributed by atoms with Gasteiger partial charge in [-0.05, 0) is 12.0 Å². The van der Waals surface area contributed by atoms with Gasteiger partial charge in [0.05, 0.1) is 0 Å². The molecular weight excluding hydrogens is 276 g/mol. The summed E-state index contributed by atoms with van der Waals surface area (Å²) in [6.45, 7) is 2.67. The normalized spacial score (nSPS) is 23.5. The molecule has 0 saturated carbocycles. The van der Waals surface area contributed by atoms with Crippen LogP contribution >= 0.6 is 11.6 Å². The number of nitrogens with one attached hydrogen (secondary N) is 1. The van der Waals surface area contributed by atoms with Crippen LogP contribution in [0.1, 0.15) is 12.0 Å². The Labute approximate surface area is 124 Å². The van der Waals surface area contributed by atoms with Crippen LogP contribution in [0.15, 0.2) is 30.3 Å². The lowest BCUT2D eigenvalue weighted by Crippen LogP contribution is -2.52. The largest absolute Gasteiger partial charge is 0.396 e. The van der Waals surface area contributed by atoms with E-state index in [2.05, 4.69) is 22.3 Å². The lowest BCUT2D eigenvalue weighted by Gasteiger charge is -2.38. The predicted octanol–water partition coefficient (Wildman–Crippen LogP) is 1.22. The Hall–Kier alpha value is -1.10. The van der Waals surface area contributed by atoms with Crippen molar-refractivity contribution >= 4 is 17.5 Å². The topological polar surface area (TPSA) is 52.6 Å².